The van der Waals surface area contributed by atoms with Crippen molar-refractivity contribution in [3.63, 3.8) is 0 Å². The molecule has 1 unspecified atom stereocenters. The highest BCUT2D eigenvalue weighted by Crippen LogP contribution is 2.34. The van der Waals surface area contributed by atoms with Gasteiger partial charge in [-0.1, -0.05) is 12.1 Å². The maximum Gasteiger partial charge on any atom is 0.247 e. The van der Waals surface area contributed by atoms with Crippen molar-refractivity contribution >= 4 is 26.8 Å². The molecular formula is C19H17FN4O3S. The smallest absolute Gasteiger partial charge is 0.247 e. The van der Waals surface area contributed by atoms with Gasteiger partial charge in [-0.3, -0.25) is 4.98 Å². The van der Waals surface area contributed by atoms with Gasteiger partial charge in [-0.2, -0.15) is 9.52 Å². The normalized spacial score (nSPS) is 17.0. The van der Waals surface area contributed by atoms with E-state index in [0.717, 1.165) is 10.7 Å². The molecule has 0 saturated carbocycles. The highest BCUT2D eigenvalue weighted by Gasteiger charge is 2.36. The van der Waals surface area contributed by atoms with E-state index in [4.69, 9.17) is 4.74 Å². The van der Waals surface area contributed by atoms with Gasteiger partial charge in [0, 0.05) is 18.1 Å². The predicted molar refractivity (Wildman–Crippen MR) is 103 cm³/mol. The summed E-state index contributed by atoms with van der Waals surface area (Å²) in [4.78, 5) is 8.90. The zero-order valence-electron chi connectivity index (χ0n) is 15.2. The lowest BCUT2D eigenvalue weighted by Crippen LogP contribution is -2.26. The number of hydrogen-bond donors (Lipinski definition) is 0. The van der Waals surface area contributed by atoms with Gasteiger partial charge in [0.15, 0.2) is 0 Å². The molecule has 1 aromatic heterocycles. The molecule has 0 spiro atoms. The first-order valence-corrected chi connectivity index (χ1v) is 10.3. The summed E-state index contributed by atoms with van der Waals surface area (Å²) in [5.74, 6) is -0.159. The Morgan fingerprint density at radius 1 is 1.18 bits per heavy atom. The number of halogens is 1. The predicted octanol–water partition coefficient (Wildman–Crippen LogP) is 2.89. The number of para-hydroxylation sites is 2. The lowest BCUT2D eigenvalue weighted by Gasteiger charge is -2.20. The molecule has 9 heteroatoms. The second-order valence-corrected chi connectivity index (χ2v) is 8.27. The SMILES string of the molecule is COc1ccc(C2=NN(S(C)(=O)=O)C(c3cnc4ccccc4n3)C2)c(F)c1. The fourth-order valence-corrected chi connectivity index (χ4v) is 4.06. The molecule has 1 aliphatic heterocycles. The topological polar surface area (TPSA) is 84.8 Å². The first-order chi connectivity index (χ1) is 13.4. The fourth-order valence-electron chi connectivity index (χ4n) is 3.17. The van der Waals surface area contributed by atoms with E-state index in [2.05, 4.69) is 15.1 Å². The summed E-state index contributed by atoms with van der Waals surface area (Å²) in [5.41, 5.74) is 2.36. The minimum absolute atomic E-state index is 0.184. The molecule has 4 rings (SSSR count). The van der Waals surface area contributed by atoms with Gasteiger partial charge in [-0.05, 0) is 24.3 Å². The number of benzene rings is 2. The van der Waals surface area contributed by atoms with Crippen LogP contribution in [0.1, 0.15) is 23.7 Å². The number of hydrogen-bond acceptors (Lipinski definition) is 6. The van der Waals surface area contributed by atoms with Gasteiger partial charge in [0.2, 0.25) is 10.0 Å². The van der Waals surface area contributed by atoms with Gasteiger partial charge in [0.05, 0.1) is 42.0 Å². The van der Waals surface area contributed by atoms with Gasteiger partial charge < -0.3 is 4.74 Å². The molecule has 2 aromatic carbocycles. The van der Waals surface area contributed by atoms with Crippen LogP contribution < -0.4 is 4.74 Å². The highest BCUT2D eigenvalue weighted by atomic mass is 32.2. The minimum Gasteiger partial charge on any atom is -0.497 e. The largest absolute Gasteiger partial charge is 0.497 e. The molecule has 0 N–H and O–H groups in total. The number of fused-ring (bicyclic) bond motifs is 1. The van der Waals surface area contributed by atoms with E-state index in [1.54, 1.807) is 12.1 Å². The van der Waals surface area contributed by atoms with Crippen LogP contribution in [0.3, 0.4) is 0 Å². The molecule has 1 atom stereocenters. The average Bonchev–Trinajstić information content (AvgIpc) is 3.13. The Labute approximate surface area is 161 Å². The highest BCUT2D eigenvalue weighted by molar-refractivity contribution is 7.88. The van der Waals surface area contributed by atoms with Crippen molar-refractivity contribution in [2.45, 2.75) is 12.5 Å². The summed E-state index contributed by atoms with van der Waals surface area (Å²) < 4.78 is 45.1. The molecule has 7 nitrogen and oxygen atoms in total. The van der Waals surface area contributed by atoms with Crippen LogP contribution in [-0.2, 0) is 10.0 Å². The van der Waals surface area contributed by atoms with Crippen LogP contribution in [-0.4, -0.2) is 41.9 Å². The van der Waals surface area contributed by atoms with Crippen LogP contribution in [0.25, 0.3) is 11.0 Å². The number of methoxy groups -OCH3 is 1. The van der Waals surface area contributed by atoms with E-state index < -0.39 is 21.9 Å². The van der Waals surface area contributed by atoms with Crippen molar-refractivity contribution in [1.29, 1.82) is 0 Å². The van der Waals surface area contributed by atoms with Crippen molar-refractivity contribution in [3.05, 3.63) is 65.7 Å². The first-order valence-electron chi connectivity index (χ1n) is 8.49. The zero-order valence-corrected chi connectivity index (χ0v) is 16.0. The number of hydrazone groups is 1. The first kappa shape index (κ1) is 18.3. The second kappa shape index (κ2) is 6.83. The van der Waals surface area contributed by atoms with Crippen molar-refractivity contribution < 1.29 is 17.5 Å². The summed E-state index contributed by atoms with van der Waals surface area (Å²) in [7, 11) is -2.24. The van der Waals surface area contributed by atoms with E-state index in [1.807, 2.05) is 18.2 Å². The maximum absolute atomic E-state index is 14.5. The van der Waals surface area contributed by atoms with E-state index >= 15 is 0 Å². The molecule has 3 aromatic rings. The van der Waals surface area contributed by atoms with E-state index in [-0.39, 0.29) is 12.0 Å². The van der Waals surface area contributed by atoms with Crippen LogP contribution in [0.5, 0.6) is 5.75 Å². The fraction of sp³-hybridized carbons (Fsp3) is 0.211. The Morgan fingerprint density at radius 2 is 1.93 bits per heavy atom. The number of sulfonamides is 1. The summed E-state index contributed by atoms with van der Waals surface area (Å²) in [6.07, 6.45) is 2.78. The average molecular weight is 400 g/mol. The van der Waals surface area contributed by atoms with E-state index in [9.17, 15) is 12.8 Å². The summed E-state index contributed by atoms with van der Waals surface area (Å²) >= 11 is 0. The third-order valence-electron chi connectivity index (χ3n) is 4.51. The van der Waals surface area contributed by atoms with Gasteiger partial charge in [-0.25, -0.2) is 17.8 Å². The van der Waals surface area contributed by atoms with Gasteiger partial charge in [-0.15, -0.1) is 0 Å². The van der Waals surface area contributed by atoms with E-state index in [1.165, 1.54) is 25.4 Å². The minimum atomic E-state index is -3.69. The van der Waals surface area contributed by atoms with Crippen LogP contribution >= 0.6 is 0 Å². The van der Waals surface area contributed by atoms with Gasteiger partial charge >= 0.3 is 0 Å². The van der Waals surface area contributed by atoms with Gasteiger partial charge in [0.1, 0.15) is 17.6 Å². The molecule has 1 aliphatic rings. The molecular weight excluding hydrogens is 383 g/mol. The number of ether oxygens (including phenoxy) is 1. The summed E-state index contributed by atoms with van der Waals surface area (Å²) in [5, 5.41) is 4.20. The lowest BCUT2D eigenvalue weighted by atomic mass is 10.0. The molecule has 0 fully saturated rings. The van der Waals surface area contributed by atoms with E-state index in [0.29, 0.717) is 28.2 Å². The summed E-state index contributed by atoms with van der Waals surface area (Å²) in [6, 6.07) is 11.0. The molecule has 0 saturated heterocycles. The number of aromatic nitrogens is 2. The van der Waals surface area contributed by atoms with Crippen molar-refractivity contribution in [2.75, 3.05) is 13.4 Å². The Balaban J connectivity index is 1.76. The molecule has 0 amide bonds. The zero-order chi connectivity index (χ0) is 19.9. The standard InChI is InChI=1S/C19H17FN4O3S/c1-27-12-7-8-13(14(20)9-12)17-10-19(24(23-17)28(2,25)26)18-11-21-15-5-3-4-6-16(15)22-18/h3-9,11,19H,10H2,1-2H3. The molecule has 28 heavy (non-hydrogen) atoms. The lowest BCUT2D eigenvalue weighted by molar-refractivity contribution is 0.368. The Morgan fingerprint density at radius 3 is 2.61 bits per heavy atom. The van der Waals surface area contributed by atoms with Crippen LogP contribution in [0, 0.1) is 5.82 Å². The Kier molecular flexibility index (Phi) is 4.46. The molecule has 144 valence electrons. The number of rotatable bonds is 4. The molecule has 0 radical (unpaired) electrons. The monoisotopic (exact) mass is 400 g/mol. The van der Waals surface area contributed by atoms with Crippen LogP contribution in [0.4, 0.5) is 4.39 Å². The number of nitrogens with zero attached hydrogens (tertiary/aromatic N) is 4. The molecule has 2 heterocycles. The van der Waals surface area contributed by atoms with Crippen molar-refractivity contribution in [1.82, 2.24) is 14.4 Å². The van der Waals surface area contributed by atoms with Crippen LogP contribution in [0.15, 0.2) is 53.8 Å². The molecule has 0 aliphatic carbocycles. The maximum atomic E-state index is 14.5. The van der Waals surface area contributed by atoms with Crippen LogP contribution in [0.2, 0.25) is 0 Å². The second-order valence-electron chi connectivity index (χ2n) is 6.43. The third-order valence-corrected chi connectivity index (χ3v) is 5.52. The third kappa shape index (κ3) is 3.29. The Bertz CT molecular complexity index is 1200. The molecule has 0 bridgehead atoms. The van der Waals surface area contributed by atoms with Crippen molar-refractivity contribution in [2.24, 2.45) is 5.10 Å². The van der Waals surface area contributed by atoms with Crippen molar-refractivity contribution in [3.8, 4) is 5.75 Å². The quantitative estimate of drug-likeness (QED) is 0.672. The van der Waals surface area contributed by atoms with Gasteiger partial charge in [0.25, 0.3) is 0 Å². The summed E-state index contributed by atoms with van der Waals surface area (Å²) in [6.45, 7) is 0. The Hall–Kier alpha value is -3.07.